The number of nitrogens with zero attached hydrogens (tertiary/aromatic N) is 2. The van der Waals surface area contributed by atoms with Gasteiger partial charge >= 0.3 is 0 Å². The maximum atomic E-state index is 12.8. The topological polar surface area (TPSA) is 49.8 Å². The van der Waals surface area contributed by atoms with Gasteiger partial charge in [-0.25, -0.2) is 9.37 Å². The van der Waals surface area contributed by atoms with Crippen LogP contribution in [0.5, 0.6) is 0 Å². The SMILES string of the molecule is CCCCNc1ccnc(Nc2ccc(F)cc2)n1. The summed E-state index contributed by atoms with van der Waals surface area (Å²) in [6.45, 7) is 3.03. The molecule has 0 aliphatic heterocycles. The number of halogens is 1. The van der Waals surface area contributed by atoms with Crippen LogP contribution in [0.4, 0.5) is 21.8 Å². The van der Waals surface area contributed by atoms with E-state index in [1.165, 1.54) is 12.1 Å². The Morgan fingerprint density at radius 2 is 1.95 bits per heavy atom. The molecule has 0 unspecified atom stereocenters. The zero-order valence-corrected chi connectivity index (χ0v) is 10.9. The van der Waals surface area contributed by atoms with E-state index >= 15 is 0 Å². The summed E-state index contributed by atoms with van der Waals surface area (Å²) >= 11 is 0. The van der Waals surface area contributed by atoms with Crippen LogP contribution in [0.3, 0.4) is 0 Å². The highest BCUT2D eigenvalue weighted by Gasteiger charge is 2.00. The molecule has 0 bridgehead atoms. The van der Waals surface area contributed by atoms with E-state index in [9.17, 15) is 4.39 Å². The van der Waals surface area contributed by atoms with Crippen LogP contribution in [0.2, 0.25) is 0 Å². The first-order chi connectivity index (χ1) is 9.28. The van der Waals surface area contributed by atoms with Gasteiger partial charge in [-0.3, -0.25) is 0 Å². The van der Waals surface area contributed by atoms with Gasteiger partial charge in [-0.05, 0) is 36.8 Å². The minimum Gasteiger partial charge on any atom is -0.370 e. The molecular weight excluding hydrogens is 243 g/mol. The molecule has 2 rings (SSSR count). The summed E-state index contributed by atoms with van der Waals surface area (Å²) in [7, 11) is 0. The number of hydrogen-bond donors (Lipinski definition) is 2. The largest absolute Gasteiger partial charge is 0.370 e. The van der Waals surface area contributed by atoms with Crippen molar-refractivity contribution in [1.29, 1.82) is 0 Å². The van der Waals surface area contributed by atoms with Crippen LogP contribution >= 0.6 is 0 Å². The van der Waals surface area contributed by atoms with Crippen molar-refractivity contribution in [3.8, 4) is 0 Å². The van der Waals surface area contributed by atoms with Gasteiger partial charge in [0, 0.05) is 18.4 Å². The van der Waals surface area contributed by atoms with E-state index in [1.54, 1.807) is 18.3 Å². The standard InChI is InChI=1S/C14H17FN4/c1-2-3-9-16-13-8-10-17-14(19-13)18-12-6-4-11(15)5-7-12/h4-8,10H,2-3,9H2,1H3,(H2,16,17,18,19). The van der Waals surface area contributed by atoms with Gasteiger partial charge in [-0.2, -0.15) is 4.98 Å². The molecule has 0 saturated carbocycles. The van der Waals surface area contributed by atoms with E-state index in [-0.39, 0.29) is 5.82 Å². The molecule has 1 aromatic carbocycles. The van der Waals surface area contributed by atoms with Crippen molar-refractivity contribution < 1.29 is 4.39 Å². The molecule has 100 valence electrons. The summed E-state index contributed by atoms with van der Waals surface area (Å²) in [5.41, 5.74) is 0.757. The molecule has 2 aromatic rings. The summed E-state index contributed by atoms with van der Waals surface area (Å²) in [5.74, 6) is 1.02. The summed E-state index contributed by atoms with van der Waals surface area (Å²) in [4.78, 5) is 8.46. The highest BCUT2D eigenvalue weighted by atomic mass is 19.1. The van der Waals surface area contributed by atoms with Crippen LogP contribution in [-0.2, 0) is 0 Å². The van der Waals surface area contributed by atoms with Crippen LogP contribution in [-0.4, -0.2) is 16.5 Å². The maximum absolute atomic E-state index is 12.8. The Hall–Kier alpha value is -2.17. The fourth-order valence-corrected chi connectivity index (χ4v) is 1.57. The Morgan fingerprint density at radius 1 is 1.16 bits per heavy atom. The zero-order chi connectivity index (χ0) is 13.5. The summed E-state index contributed by atoms with van der Waals surface area (Å²) in [6.07, 6.45) is 3.93. The molecule has 0 saturated heterocycles. The molecule has 0 amide bonds. The number of nitrogens with one attached hydrogen (secondary N) is 2. The predicted molar refractivity (Wildman–Crippen MR) is 75.1 cm³/mol. The van der Waals surface area contributed by atoms with E-state index in [1.807, 2.05) is 6.07 Å². The first kappa shape index (κ1) is 13.3. The van der Waals surface area contributed by atoms with Crippen molar-refractivity contribution in [3.63, 3.8) is 0 Å². The van der Waals surface area contributed by atoms with E-state index in [0.29, 0.717) is 5.95 Å². The third kappa shape index (κ3) is 4.21. The molecule has 0 atom stereocenters. The fraction of sp³-hybridized carbons (Fsp3) is 0.286. The summed E-state index contributed by atoms with van der Waals surface area (Å²) in [6, 6.07) is 7.91. The lowest BCUT2D eigenvalue weighted by atomic mass is 10.3. The van der Waals surface area contributed by atoms with Crippen molar-refractivity contribution in [3.05, 3.63) is 42.3 Å². The second kappa shape index (κ2) is 6.68. The number of rotatable bonds is 6. The quantitative estimate of drug-likeness (QED) is 0.779. The van der Waals surface area contributed by atoms with E-state index in [2.05, 4.69) is 27.5 Å². The Bertz CT molecular complexity index is 513. The van der Waals surface area contributed by atoms with Crippen molar-refractivity contribution in [2.45, 2.75) is 19.8 Å². The van der Waals surface area contributed by atoms with Gasteiger partial charge in [0.15, 0.2) is 0 Å². The average molecular weight is 260 g/mol. The summed E-state index contributed by atoms with van der Waals surface area (Å²) < 4.78 is 12.8. The number of unbranched alkanes of at least 4 members (excludes halogenated alkanes) is 1. The second-order valence-corrected chi connectivity index (χ2v) is 4.18. The third-order valence-electron chi connectivity index (χ3n) is 2.59. The lowest BCUT2D eigenvalue weighted by Crippen LogP contribution is -2.05. The van der Waals surface area contributed by atoms with Gasteiger partial charge in [0.05, 0.1) is 0 Å². The molecular formula is C14H17FN4. The number of aromatic nitrogens is 2. The number of benzene rings is 1. The first-order valence-electron chi connectivity index (χ1n) is 6.37. The lowest BCUT2D eigenvalue weighted by Gasteiger charge is -2.07. The Morgan fingerprint density at radius 3 is 2.68 bits per heavy atom. The fourth-order valence-electron chi connectivity index (χ4n) is 1.57. The molecule has 0 aliphatic rings. The van der Waals surface area contributed by atoms with Gasteiger partial charge < -0.3 is 10.6 Å². The average Bonchev–Trinajstić information content (AvgIpc) is 2.42. The van der Waals surface area contributed by atoms with Gasteiger partial charge in [-0.1, -0.05) is 13.3 Å². The van der Waals surface area contributed by atoms with Crippen molar-refractivity contribution in [2.75, 3.05) is 17.2 Å². The number of anilines is 3. The molecule has 0 aliphatic carbocycles. The minimum absolute atomic E-state index is 0.263. The Kier molecular flexibility index (Phi) is 4.66. The molecule has 5 heteroatoms. The van der Waals surface area contributed by atoms with Crippen molar-refractivity contribution in [1.82, 2.24) is 9.97 Å². The first-order valence-corrected chi connectivity index (χ1v) is 6.37. The molecule has 0 fully saturated rings. The molecule has 4 nitrogen and oxygen atoms in total. The normalized spacial score (nSPS) is 10.2. The van der Waals surface area contributed by atoms with Crippen LogP contribution < -0.4 is 10.6 Å². The highest BCUT2D eigenvalue weighted by Crippen LogP contribution is 2.14. The minimum atomic E-state index is -0.263. The smallest absolute Gasteiger partial charge is 0.229 e. The third-order valence-corrected chi connectivity index (χ3v) is 2.59. The van der Waals surface area contributed by atoms with E-state index in [0.717, 1.165) is 30.9 Å². The van der Waals surface area contributed by atoms with E-state index < -0.39 is 0 Å². The molecule has 2 N–H and O–H groups in total. The lowest BCUT2D eigenvalue weighted by molar-refractivity contribution is 0.628. The van der Waals surface area contributed by atoms with Gasteiger partial charge in [0.1, 0.15) is 11.6 Å². The molecule has 19 heavy (non-hydrogen) atoms. The Balaban J connectivity index is 2.00. The van der Waals surface area contributed by atoms with Crippen LogP contribution in [0.25, 0.3) is 0 Å². The van der Waals surface area contributed by atoms with Gasteiger partial charge in [0.2, 0.25) is 5.95 Å². The van der Waals surface area contributed by atoms with Crippen molar-refractivity contribution >= 4 is 17.5 Å². The second-order valence-electron chi connectivity index (χ2n) is 4.18. The zero-order valence-electron chi connectivity index (χ0n) is 10.9. The van der Waals surface area contributed by atoms with Gasteiger partial charge in [0.25, 0.3) is 0 Å². The molecule has 1 heterocycles. The molecule has 1 aromatic heterocycles. The highest BCUT2D eigenvalue weighted by molar-refractivity contribution is 5.54. The van der Waals surface area contributed by atoms with Crippen LogP contribution in [0.15, 0.2) is 36.5 Å². The maximum Gasteiger partial charge on any atom is 0.229 e. The monoisotopic (exact) mass is 260 g/mol. The van der Waals surface area contributed by atoms with Crippen molar-refractivity contribution in [2.24, 2.45) is 0 Å². The number of hydrogen-bond acceptors (Lipinski definition) is 4. The van der Waals surface area contributed by atoms with E-state index in [4.69, 9.17) is 0 Å². The van der Waals surface area contributed by atoms with Crippen LogP contribution in [0.1, 0.15) is 19.8 Å². The van der Waals surface area contributed by atoms with Crippen LogP contribution in [0, 0.1) is 5.82 Å². The molecule has 0 radical (unpaired) electrons. The van der Waals surface area contributed by atoms with Gasteiger partial charge in [-0.15, -0.1) is 0 Å². The molecule has 0 spiro atoms. The Labute approximate surface area is 112 Å². The predicted octanol–water partition coefficient (Wildman–Crippen LogP) is 3.57. The summed E-state index contributed by atoms with van der Waals surface area (Å²) in [5, 5.41) is 6.26.